The molecule has 0 fully saturated rings. The van der Waals surface area contributed by atoms with Crippen molar-refractivity contribution >= 4 is 16.7 Å². The normalized spacial score (nSPS) is 10.8. The highest BCUT2D eigenvalue weighted by Gasteiger charge is 2.13. The zero-order valence-corrected chi connectivity index (χ0v) is 11.0. The number of aromatic nitrogens is 1. The molecule has 0 spiro atoms. The van der Waals surface area contributed by atoms with Crippen molar-refractivity contribution in [2.24, 2.45) is 0 Å². The van der Waals surface area contributed by atoms with Gasteiger partial charge in [0.15, 0.2) is 5.78 Å². The minimum atomic E-state index is -0.592. The molecular formula is C17H11F2NO. The van der Waals surface area contributed by atoms with Gasteiger partial charge in [-0.3, -0.25) is 4.79 Å². The lowest BCUT2D eigenvalue weighted by Crippen LogP contribution is -2.07. The summed E-state index contributed by atoms with van der Waals surface area (Å²) in [5.74, 6) is -1.50. The maximum Gasteiger partial charge on any atom is 0.185 e. The number of rotatable bonds is 3. The zero-order valence-electron chi connectivity index (χ0n) is 11.0. The van der Waals surface area contributed by atoms with Gasteiger partial charge in [0.2, 0.25) is 0 Å². The molecule has 0 atom stereocenters. The number of hydrogen-bond donors (Lipinski definition) is 0. The van der Waals surface area contributed by atoms with Gasteiger partial charge >= 0.3 is 0 Å². The number of fused-ring (bicyclic) bond motifs is 1. The first-order chi connectivity index (χ1) is 10.1. The lowest BCUT2D eigenvalue weighted by atomic mass is 10.1. The van der Waals surface area contributed by atoms with Crippen molar-refractivity contribution in [3.63, 3.8) is 0 Å². The molecule has 0 unspecified atom stereocenters. The van der Waals surface area contributed by atoms with Crippen molar-refractivity contribution in [3.05, 3.63) is 77.5 Å². The summed E-state index contributed by atoms with van der Waals surface area (Å²) >= 11 is 0. The first kappa shape index (κ1) is 13.4. The maximum absolute atomic E-state index is 13.6. The lowest BCUT2D eigenvalue weighted by Gasteiger charge is -2.04. The van der Waals surface area contributed by atoms with Crippen molar-refractivity contribution in [3.8, 4) is 0 Å². The predicted octanol–water partition coefficient (Wildman–Crippen LogP) is 3.94. The Balaban J connectivity index is 1.91. The van der Waals surface area contributed by atoms with E-state index in [9.17, 15) is 13.6 Å². The van der Waals surface area contributed by atoms with Gasteiger partial charge in [-0.2, -0.15) is 0 Å². The number of carbonyl (C=O) groups excluding carboxylic acids is 1. The molecule has 1 heterocycles. The second-order valence-electron chi connectivity index (χ2n) is 4.72. The van der Waals surface area contributed by atoms with Crippen LogP contribution in [0.25, 0.3) is 10.9 Å². The first-order valence-corrected chi connectivity index (χ1v) is 6.46. The molecule has 4 heteroatoms. The van der Waals surface area contributed by atoms with Gasteiger partial charge in [-0.1, -0.05) is 24.3 Å². The van der Waals surface area contributed by atoms with Gasteiger partial charge in [-0.05, 0) is 35.9 Å². The minimum Gasteiger partial charge on any atom is -0.292 e. The second kappa shape index (κ2) is 5.40. The molecule has 3 aromatic rings. The molecule has 0 aliphatic carbocycles. The number of pyridine rings is 1. The number of ketones is 1. The number of para-hydroxylation sites is 1. The van der Waals surface area contributed by atoms with Gasteiger partial charge in [-0.25, -0.2) is 13.8 Å². The highest BCUT2D eigenvalue weighted by Crippen LogP contribution is 2.15. The zero-order chi connectivity index (χ0) is 14.8. The number of nitrogens with zero attached hydrogens (tertiary/aromatic N) is 1. The molecule has 0 radical (unpaired) electrons. The first-order valence-electron chi connectivity index (χ1n) is 6.46. The Kier molecular flexibility index (Phi) is 3.44. The summed E-state index contributed by atoms with van der Waals surface area (Å²) in [6, 6.07) is 13.9. The molecule has 0 aliphatic rings. The van der Waals surface area contributed by atoms with Gasteiger partial charge in [0.05, 0.1) is 5.52 Å². The van der Waals surface area contributed by atoms with Crippen LogP contribution in [-0.4, -0.2) is 10.8 Å². The van der Waals surface area contributed by atoms with Crippen LogP contribution >= 0.6 is 0 Å². The van der Waals surface area contributed by atoms with E-state index in [0.29, 0.717) is 5.52 Å². The van der Waals surface area contributed by atoms with Crippen molar-refractivity contribution < 1.29 is 13.6 Å². The molecular weight excluding hydrogens is 272 g/mol. The largest absolute Gasteiger partial charge is 0.292 e. The SMILES string of the molecule is O=C(Cc1cc(F)ccc1F)c1ccc2ccccc2n1. The van der Waals surface area contributed by atoms with Crippen LogP contribution in [0.2, 0.25) is 0 Å². The van der Waals surface area contributed by atoms with E-state index in [0.717, 1.165) is 23.6 Å². The average molecular weight is 283 g/mol. The minimum absolute atomic E-state index is 0.0370. The number of carbonyl (C=O) groups is 1. The quantitative estimate of drug-likeness (QED) is 0.681. The van der Waals surface area contributed by atoms with Gasteiger partial charge < -0.3 is 0 Å². The standard InChI is InChI=1S/C17H11F2NO/c18-13-6-7-14(19)12(9-13)10-17(21)16-8-5-11-3-1-2-4-15(11)20-16/h1-9H,10H2. The number of benzene rings is 2. The molecule has 3 rings (SSSR count). The fraction of sp³-hybridized carbons (Fsp3) is 0.0588. The Labute approximate surface area is 120 Å². The van der Waals surface area contributed by atoms with Gasteiger partial charge in [0.25, 0.3) is 0 Å². The molecule has 2 aromatic carbocycles. The fourth-order valence-corrected chi connectivity index (χ4v) is 2.16. The Morgan fingerprint density at radius 1 is 1.00 bits per heavy atom. The summed E-state index contributed by atoms with van der Waals surface area (Å²) in [4.78, 5) is 16.4. The fourth-order valence-electron chi connectivity index (χ4n) is 2.16. The van der Waals surface area contributed by atoms with E-state index in [-0.39, 0.29) is 23.5 Å². The monoisotopic (exact) mass is 283 g/mol. The van der Waals surface area contributed by atoms with Crippen molar-refractivity contribution in [2.75, 3.05) is 0 Å². The summed E-state index contributed by atoms with van der Waals surface area (Å²) in [5, 5.41) is 0.922. The maximum atomic E-state index is 13.6. The van der Waals surface area contributed by atoms with Crippen LogP contribution in [0.5, 0.6) is 0 Å². The van der Waals surface area contributed by atoms with Crippen molar-refractivity contribution in [2.45, 2.75) is 6.42 Å². The van der Waals surface area contributed by atoms with E-state index in [1.165, 1.54) is 0 Å². The van der Waals surface area contributed by atoms with Crippen LogP contribution in [0.4, 0.5) is 8.78 Å². The smallest absolute Gasteiger partial charge is 0.185 e. The average Bonchev–Trinajstić information content (AvgIpc) is 2.50. The molecule has 0 bridgehead atoms. The van der Waals surface area contributed by atoms with E-state index in [4.69, 9.17) is 0 Å². The van der Waals surface area contributed by atoms with E-state index in [2.05, 4.69) is 4.98 Å². The highest BCUT2D eigenvalue weighted by atomic mass is 19.1. The van der Waals surface area contributed by atoms with Crippen LogP contribution in [0, 0.1) is 11.6 Å². The summed E-state index contributed by atoms with van der Waals surface area (Å²) < 4.78 is 26.7. The summed E-state index contributed by atoms with van der Waals surface area (Å²) in [5.41, 5.74) is 0.982. The van der Waals surface area contributed by atoms with Crippen LogP contribution < -0.4 is 0 Å². The van der Waals surface area contributed by atoms with Gasteiger partial charge in [0, 0.05) is 11.8 Å². The Morgan fingerprint density at radius 2 is 1.81 bits per heavy atom. The predicted molar refractivity (Wildman–Crippen MR) is 76.1 cm³/mol. The Bertz CT molecular complexity index is 830. The van der Waals surface area contributed by atoms with Crippen molar-refractivity contribution in [1.29, 1.82) is 0 Å². The summed E-state index contributed by atoms with van der Waals surface area (Å²) in [6.45, 7) is 0. The molecule has 0 amide bonds. The van der Waals surface area contributed by atoms with Gasteiger partial charge in [-0.15, -0.1) is 0 Å². The molecule has 0 aliphatic heterocycles. The van der Waals surface area contributed by atoms with E-state index < -0.39 is 11.6 Å². The summed E-state index contributed by atoms with van der Waals surface area (Å²) in [6.07, 6.45) is -0.213. The summed E-state index contributed by atoms with van der Waals surface area (Å²) in [7, 11) is 0. The Morgan fingerprint density at radius 3 is 2.67 bits per heavy atom. The molecule has 1 aromatic heterocycles. The topological polar surface area (TPSA) is 30.0 Å². The van der Waals surface area contributed by atoms with Crippen LogP contribution in [0.1, 0.15) is 16.1 Å². The van der Waals surface area contributed by atoms with Gasteiger partial charge in [0.1, 0.15) is 17.3 Å². The van der Waals surface area contributed by atoms with Crippen LogP contribution in [0.15, 0.2) is 54.6 Å². The number of halogens is 2. The highest BCUT2D eigenvalue weighted by molar-refractivity contribution is 5.97. The van der Waals surface area contributed by atoms with E-state index in [1.807, 2.05) is 18.2 Å². The molecule has 2 nitrogen and oxygen atoms in total. The molecule has 0 saturated heterocycles. The molecule has 0 N–H and O–H groups in total. The van der Waals surface area contributed by atoms with Crippen LogP contribution in [0.3, 0.4) is 0 Å². The lowest BCUT2D eigenvalue weighted by molar-refractivity contribution is 0.0987. The number of hydrogen-bond acceptors (Lipinski definition) is 2. The number of Topliss-reactive ketones (excluding diaryl/α,β-unsaturated/α-hetero) is 1. The second-order valence-corrected chi connectivity index (χ2v) is 4.72. The Hall–Kier alpha value is -2.62. The van der Waals surface area contributed by atoms with E-state index in [1.54, 1.807) is 18.2 Å². The van der Waals surface area contributed by atoms with Crippen molar-refractivity contribution in [1.82, 2.24) is 4.98 Å². The third kappa shape index (κ3) is 2.79. The molecule has 0 saturated carbocycles. The molecule has 104 valence electrons. The third-order valence-electron chi connectivity index (χ3n) is 3.24. The van der Waals surface area contributed by atoms with Crippen LogP contribution in [-0.2, 0) is 6.42 Å². The third-order valence-corrected chi connectivity index (χ3v) is 3.24. The molecule has 21 heavy (non-hydrogen) atoms. The van der Waals surface area contributed by atoms with E-state index >= 15 is 0 Å².